The molecule has 0 radical (unpaired) electrons. The Balaban J connectivity index is 6.28. The zero-order chi connectivity index (χ0) is 26.8. The topological polar surface area (TPSA) is 136 Å². The van der Waals surface area contributed by atoms with Crippen LogP contribution in [0.2, 0.25) is 0 Å². The van der Waals surface area contributed by atoms with E-state index >= 15 is 0 Å². The van der Waals surface area contributed by atoms with Crippen LogP contribution >= 0.6 is 0 Å². The number of aliphatic hydroxyl groups excluding tert-OH is 1. The third-order valence-corrected chi connectivity index (χ3v) is 6.47. The highest BCUT2D eigenvalue weighted by Crippen LogP contribution is 2.49. The Morgan fingerprint density at radius 3 is 1.68 bits per heavy atom. The Morgan fingerprint density at radius 1 is 0.735 bits per heavy atom. The minimum Gasteiger partial charge on any atom is -0.481 e. The number of carbonyl (C=O) groups is 4. The third-order valence-electron chi connectivity index (χ3n) is 6.47. The Morgan fingerprint density at radius 2 is 1.24 bits per heavy atom. The number of hydrogen-bond donors (Lipinski definition) is 2. The predicted octanol–water partition coefficient (Wildman–Crippen LogP) is 3.75. The fourth-order valence-corrected chi connectivity index (χ4v) is 4.60. The van der Waals surface area contributed by atoms with E-state index < -0.39 is 52.1 Å². The maximum atomic E-state index is 13.1. The second-order valence-electron chi connectivity index (χ2n) is 10.6. The van der Waals surface area contributed by atoms with Crippen LogP contribution in [0, 0.1) is 21.7 Å². The van der Waals surface area contributed by atoms with Gasteiger partial charge in [-0.05, 0) is 66.7 Å². The van der Waals surface area contributed by atoms with Crippen molar-refractivity contribution in [3.63, 3.8) is 0 Å². The van der Waals surface area contributed by atoms with Gasteiger partial charge in [-0.2, -0.15) is 0 Å². The molecule has 34 heavy (non-hydrogen) atoms. The molecule has 198 valence electrons. The first-order chi connectivity index (χ1) is 15.6. The molecule has 0 amide bonds. The van der Waals surface area contributed by atoms with Crippen molar-refractivity contribution in [1.29, 1.82) is 0 Å². The van der Waals surface area contributed by atoms with Crippen LogP contribution in [-0.4, -0.2) is 61.0 Å². The molecule has 0 saturated carbocycles. The van der Waals surface area contributed by atoms with Gasteiger partial charge in [-0.25, -0.2) is 0 Å². The summed E-state index contributed by atoms with van der Waals surface area (Å²) in [5, 5.41) is 18.9. The number of unbranched alkanes of at least 4 members (excludes halogenated alkanes) is 1. The molecule has 9 heteroatoms. The molecule has 0 aliphatic carbocycles. The molecule has 0 aromatic rings. The Hall–Kier alpha value is -2.16. The highest BCUT2D eigenvalue weighted by atomic mass is 16.5. The third kappa shape index (κ3) is 8.56. The van der Waals surface area contributed by atoms with Crippen LogP contribution in [0.3, 0.4) is 0 Å². The summed E-state index contributed by atoms with van der Waals surface area (Å²) >= 11 is 0. The van der Waals surface area contributed by atoms with E-state index in [2.05, 4.69) is 0 Å². The molecule has 0 heterocycles. The minimum absolute atomic E-state index is 0.0103. The van der Waals surface area contributed by atoms with Gasteiger partial charge in [-0.3, -0.25) is 19.2 Å². The average Bonchev–Trinajstić information content (AvgIpc) is 2.75. The normalized spacial score (nSPS) is 17.0. The summed E-state index contributed by atoms with van der Waals surface area (Å²) in [7, 11) is 1.22. The van der Waals surface area contributed by atoms with Crippen molar-refractivity contribution in [3.8, 4) is 0 Å². The first-order valence-corrected chi connectivity index (χ1v) is 11.8. The highest BCUT2D eigenvalue weighted by Gasteiger charge is 2.53. The summed E-state index contributed by atoms with van der Waals surface area (Å²) in [6.45, 7) is 11.3. The zero-order valence-corrected chi connectivity index (χ0v) is 22.1. The van der Waals surface area contributed by atoms with E-state index in [-0.39, 0.29) is 38.9 Å². The van der Waals surface area contributed by atoms with E-state index in [1.54, 1.807) is 34.6 Å². The van der Waals surface area contributed by atoms with Gasteiger partial charge in [-0.1, -0.05) is 20.3 Å². The quantitative estimate of drug-likeness (QED) is 0.189. The van der Waals surface area contributed by atoms with Crippen LogP contribution in [0.5, 0.6) is 0 Å². The molecule has 3 atom stereocenters. The lowest BCUT2D eigenvalue weighted by Crippen LogP contribution is -2.47. The van der Waals surface area contributed by atoms with Crippen molar-refractivity contribution in [2.75, 3.05) is 26.9 Å². The molecule has 0 aromatic heterocycles. The number of hydrogen-bond acceptors (Lipinski definition) is 8. The number of ether oxygens (including phenoxy) is 3. The van der Waals surface area contributed by atoms with Gasteiger partial charge < -0.3 is 24.4 Å². The summed E-state index contributed by atoms with van der Waals surface area (Å²) in [6.07, 6.45) is 1.61. The predicted molar refractivity (Wildman–Crippen MR) is 126 cm³/mol. The monoisotopic (exact) mass is 488 g/mol. The van der Waals surface area contributed by atoms with Crippen molar-refractivity contribution in [1.82, 2.24) is 0 Å². The van der Waals surface area contributed by atoms with E-state index in [9.17, 15) is 24.3 Å². The molecule has 0 rings (SSSR count). The van der Waals surface area contributed by atoms with E-state index in [1.807, 2.05) is 6.92 Å². The smallest absolute Gasteiger partial charge is 0.311 e. The zero-order valence-electron chi connectivity index (χ0n) is 22.1. The van der Waals surface area contributed by atoms with Crippen LogP contribution in [0.15, 0.2) is 0 Å². The molecule has 0 aromatic carbocycles. The van der Waals surface area contributed by atoms with Crippen LogP contribution in [0.4, 0.5) is 0 Å². The molecular weight excluding hydrogens is 444 g/mol. The van der Waals surface area contributed by atoms with E-state index in [4.69, 9.17) is 19.3 Å². The first-order valence-electron chi connectivity index (χ1n) is 11.8. The standard InChI is InChI=1S/C25H44O9/c1-9-11-13-33-19(29)22(3,4)15-24(6,20(30)32-8)17-25(7,21(31)34-14-12-26)16-23(5,10-2)18(27)28/h26H,9-17H2,1-8H3,(H,27,28). The fourth-order valence-electron chi connectivity index (χ4n) is 4.60. The summed E-state index contributed by atoms with van der Waals surface area (Å²) in [4.78, 5) is 50.9. The molecule has 0 spiro atoms. The number of rotatable bonds is 16. The van der Waals surface area contributed by atoms with Gasteiger partial charge in [-0.15, -0.1) is 0 Å². The lowest BCUT2D eigenvalue weighted by Gasteiger charge is -2.42. The Kier molecular flexibility index (Phi) is 12.2. The molecule has 0 saturated heterocycles. The van der Waals surface area contributed by atoms with Crippen LogP contribution in [0.1, 0.15) is 87.0 Å². The van der Waals surface area contributed by atoms with Crippen molar-refractivity contribution in [2.45, 2.75) is 87.0 Å². The number of methoxy groups -OCH3 is 1. The molecule has 9 nitrogen and oxygen atoms in total. The van der Waals surface area contributed by atoms with Gasteiger partial charge in [0.15, 0.2) is 0 Å². The second kappa shape index (κ2) is 13.1. The Labute approximate surface area is 203 Å². The minimum atomic E-state index is -1.41. The van der Waals surface area contributed by atoms with Gasteiger partial charge >= 0.3 is 23.9 Å². The van der Waals surface area contributed by atoms with Gasteiger partial charge in [0.2, 0.25) is 0 Å². The molecule has 3 unspecified atom stereocenters. The summed E-state index contributed by atoms with van der Waals surface area (Å²) in [6, 6.07) is 0. The highest BCUT2D eigenvalue weighted by molar-refractivity contribution is 5.83. The molecule has 0 aliphatic heterocycles. The lowest BCUT2D eigenvalue weighted by molar-refractivity contribution is -0.170. The van der Waals surface area contributed by atoms with Crippen molar-refractivity contribution < 1.29 is 43.6 Å². The van der Waals surface area contributed by atoms with Gasteiger partial charge in [0.25, 0.3) is 0 Å². The molecular formula is C25H44O9. The fraction of sp³-hybridized carbons (Fsp3) is 0.840. The van der Waals surface area contributed by atoms with Crippen LogP contribution in [-0.2, 0) is 33.4 Å². The number of aliphatic hydroxyl groups is 1. The first kappa shape index (κ1) is 31.8. The number of carboxylic acid groups (broad SMARTS) is 1. The molecule has 0 bridgehead atoms. The SMILES string of the molecule is CCCCOC(=O)C(C)(C)CC(C)(CC(C)(CC(C)(CC)C(=O)O)C(=O)OCCO)C(=O)OC. The number of esters is 3. The van der Waals surface area contributed by atoms with Crippen LogP contribution in [0.25, 0.3) is 0 Å². The molecule has 2 N–H and O–H groups in total. The van der Waals surface area contributed by atoms with Gasteiger partial charge in [0.05, 0.1) is 42.0 Å². The second-order valence-corrected chi connectivity index (χ2v) is 10.6. The molecule has 0 fully saturated rings. The maximum Gasteiger partial charge on any atom is 0.311 e. The van der Waals surface area contributed by atoms with E-state index in [1.165, 1.54) is 14.0 Å². The Bertz CT molecular complexity index is 717. The van der Waals surface area contributed by atoms with E-state index in [0.717, 1.165) is 12.8 Å². The number of carbonyl (C=O) groups excluding carboxylic acids is 3. The van der Waals surface area contributed by atoms with Crippen LogP contribution < -0.4 is 0 Å². The largest absolute Gasteiger partial charge is 0.481 e. The van der Waals surface area contributed by atoms with Gasteiger partial charge in [0.1, 0.15) is 6.61 Å². The summed E-state index contributed by atoms with van der Waals surface area (Å²) in [5.41, 5.74) is -5.09. The average molecular weight is 489 g/mol. The van der Waals surface area contributed by atoms with E-state index in [0.29, 0.717) is 0 Å². The van der Waals surface area contributed by atoms with Crippen molar-refractivity contribution >= 4 is 23.9 Å². The van der Waals surface area contributed by atoms with Crippen molar-refractivity contribution in [2.24, 2.45) is 21.7 Å². The number of aliphatic carboxylic acids is 1. The summed E-state index contributed by atoms with van der Waals surface area (Å²) in [5.74, 6) is -2.89. The van der Waals surface area contributed by atoms with Gasteiger partial charge in [0, 0.05) is 0 Å². The molecule has 0 aliphatic rings. The lowest BCUT2D eigenvalue weighted by atomic mass is 9.61. The summed E-state index contributed by atoms with van der Waals surface area (Å²) < 4.78 is 15.6. The maximum absolute atomic E-state index is 13.1. The van der Waals surface area contributed by atoms with Crippen molar-refractivity contribution in [3.05, 3.63) is 0 Å². The number of carboxylic acids is 1.